The number of hydrogen-bond acceptors (Lipinski definition) is 6. The largest absolute Gasteiger partial charge is 0.496 e. The van der Waals surface area contributed by atoms with Crippen molar-refractivity contribution < 1.29 is 23.7 Å². The van der Waals surface area contributed by atoms with E-state index in [2.05, 4.69) is 37.8 Å². The van der Waals surface area contributed by atoms with Crippen molar-refractivity contribution in [2.45, 2.75) is 33.9 Å². The van der Waals surface area contributed by atoms with Gasteiger partial charge in [-0.05, 0) is 79.4 Å². The normalized spacial score (nSPS) is 15.1. The third-order valence-electron chi connectivity index (χ3n) is 7.18. The summed E-state index contributed by atoms with van der Waals surface area (Å²) < 4.78 is 22.6. The van der Waals surface area contributed by atoms with Crippen LogP contribution in [0.3, 0.4) is 0 Å². The predicted octanol–water partition coefficient (Wildman–Crippen LogP) is 4.89. The van der Waals surface area contributed by atoms with E-state index in [4.69, 9.17) is 18.9 Å². The van der Waals surface area contributed by atoms with Gasteiger partial charge in [-0.3, -0.25) is 9.69 Å². The monoisotopic (exact) mass is 502 g/mol. The highest BCUT2D eigenvalue weighted by molar-refractivity contribution is 5.94. The van der Waals surface area contributed by atoms with Crippen LogP contribution in [0.1, 0.15) is 38.2 Å². The van der Waals surface area contributed by atoms with Crippen LogP contribution in [0.2, 0.25) is 0 Å². The Kier molecular flexibility index (Phi) is 7.24. The van der Waals surface area contributed by atoms with Crippen molar-refractivity contribution in [3.8, 4) is 23.0 Å². The lowest BCUT2D eigenvalue weighted by molar-refractivity contribution is 0.0628. The Morgan fingerprint density at radius 2 is 1.68 bits per heavy atom. The van der Waals surface area contributed by atoms with Crippen LogP contribution in [0.25, 0.3) is 0 Å². The SMILES string of the molecule is COc1ccc(C(=O)N2CCN(Cc3ccc4c(c3)OCO4)CC2)cc1COc1cc(C)cc(C)c1C. The number of carbonyl (C=O) groups is 1. The van der Waals surface area contributed by atoms with Gasteiger partial charge in [0.1, 0.15) is 18.1 Å². The number of hydrogen-bond donors (Lipinski definition) is 0. The number of nitrogens with zero attached hydrogens (tertiary/aromatic N) is 2. The van der Waals surface area contributed by atoms with Crippen LogP contribution in [0.15, 0.2) is 48.5 Å². The third kappa shape index (κ3) is 5.52. The van der Waals surface area contributed by atoms with Crippen LogP contribution in [0.4, 0.5) is 0 Å². The van der Waals surface area contributed by atoms with Crippen molar-refractivity contribution in [3.63, 3.8) is 0 Å². The van der Waals surface area contributed by atoms with Gasteiger partial charge in [-0.1, -0.05) is 12.1 Å². The Hall–Kier alpha value is -3.71. The number of benzene rings is 3. The molecule has 1 amide bonds. The molecule has 2 heterocycles. The summed E-state index contributed by atoms with van der Waals surface area (Å²) >= 11 is 0. The molecule has 0 unspecified atom stereocenters. The van der Waals surface area contributed by atoms with Gasteiger partial charge in [0, 0.05) is 43.9 Å². The number of carbonyl (C=O) groups excluding carboxylic acids is 1. The van der Waals surface area contributed by atoms with Gasteiger partial charge in [-0.2, -0.15) is 0 Å². The number of fused-ring (bicyclic) bond motifs is 1. The lowest BCUT2D eigenvalue weighted by Gasteiger charge is -2.35. The van der Waals surface area contributed by atoms with E-state index < -0.39 is 0 Å². The first-order valence-corrected chi connectivity index (χ1v) is 12.7. The summed E-state index contributed by atoms with van der Waals surface area (Å²) in [7, 11) is 1.64. The molecule has 2 aliphatic heterocycles. The highest BCUT2D eigenvalue weighted by Crippen LogP contribution is 2.33. The van der Waals surface area contributed by atoms with Gasteiger partial charge in [0.15, 0.2) is 11.5 Å². The number of amides is 1. The first kappa shape index (κ1) is 25.0. The molecule has 0 aliphatic carbocycles. The molecule has 0 saturated carbocycles. The minimum Gasteiger partial charge on any atom is -0.496 e. The molecule has 7 nitrogen and oxygen atoms in total. The maximum atomic E-state index is 13.4. The Bertz CT molecular complexity index is 1300. The summed E-state index contributed by atoms with van der Waals surface area (Å²) in [6, 6.07) is 15.9. The van der Waals surface area contributed by atoms with E-state index in [0.29, 0.717) is 31.0 Å². The molecular formula is C30H34N2O5. The van der Waals surface area contributed by atoms with E-state index in [-0.39, 0.29) is 12.7 Å². The van der Waals surface area contributed by atoms with Crippen LogP contribution >= 0.6 is 0 Å². The molecule has 7 heteroatoms. The molecule has 0 N–H and O–H groups in total. The highest BCUT2D eigenvalue weighted by atomic mass is 16.7. The van der Waals surface area contributed by atoms with E-state index >= 15 is 0 Å². The topological polar surface area (TPSA) is 60.5 Å². The van der Waals surface area contributed by atoms with Crippen LogP contribution in [-0.2, 0) is 13.2 Å². The summed E-state index contributed by atoms with van der Waals surface area (Å²) in [5, 5.41) is 0. The van der Waals surface area contributed by atoms with Gasteiger partial charge in [0.25, 0.3) is 5.91 Å². The average Bonchev–Trinajstić information content (AvgIpc) is 3.38. The van der Waals surface area contributed by atoms with Gasteiger partial charge in [-0.15, -0.1) is 0 Å². The zero-order valence-electron chi connectivity index (χ0n) is 22.0. The molecule has 3 aromatic rings. The molecule has 37 heavy (non-hydrogen) atoms. The van der Waals surface area contributed by atoms with Gasteiger partial charge < -0.3 is 23.8 Å². The van der Waals surface area contributed by atoms with Gasteiger partial charge in [0.2, 0.25) is 6.79 Å². The Morgan fingerprint density at radius 3 is 2.46 bits per heavy atom. The van der Waals surface area contributed by atoms with Crippen molar-refractivity contribution in [1.29, 1.82) is 0 Å². The molecule has 0 bridgehead atoms. The molecule has 0 spiro atoms. The Morgan fingerprint density at radius 1 is 0.892 bits per heavy atom. The lowest BCUT2D eigenvalue weighted by Crippen LogP contribution is -2.48. The fourth-order valence-electron chi connectivity index (χ4n) is 4.92. The summed E-state index contributed by atoms with van der Waals surface area (Å²) in [5.74, 6) is 3.21. The molecule has 2 aliphatic rings. The minimum absolute atomic E-state index is 0.0363. The first-order valence-electron chi connectivity index (χ1n) is 12.7. The second-order valence-corrected chi connectivity index (χ2v) is 9.78. The molecule has 0 atom stereocenters. The molecular weight excluding hydrogens is 468 g/mol. The van der Waals surface area contributed by atoms with Crippen molar-refractivity contribution in [3.05, 3.63) is 81.9 Å². The number of piperazine rings is 1. The summed E-state index contributed by atoms with van der Waals surface area (Å²) in [5.41, 5.74) is 6.17. The predicted molar refractivity (Wildman–Crippen MR) is 142 cm³/mol. The maximum Gasteiger partial charge on any atom is 0.253 e. The number of rotatable bonds is 7. The lowest BCUT2D eigenvalue weighted by atomic mass is 10.1. The molecule has 1 saturated heterocycles. The average molecular weight is 503 g/mol. The minimum atomic E-state index is 0.0363. The summed E-state index contributed by atoms with van der Waals surface area (Å²) in [4.78, 5) is 17.6. The van der Waals surface area contributed by atoms with Gasteiger partial charge >= 0.3 is 0 Å². The molecule has 3 aromatic carbocycles. The fourth-order valence-corrected chi connectivity index (χ4v) is 4.92. The van der Waals surface area contributed by atoms with E-state index in [0.717, 1.165) is 53.6 Å². The van der Waals surface area contributed by atoms with E-state index in [1.54, 1.807) is 7.11 Å². The highest BCUT2D eigenvalue weighted by Gasteiger charge is 2.24. The summed E-state index contributed by atoms with van der Waals surface area (Å²) in [6.45, 7) is 10.6. The second kappa shape index (κ2) is 10.7. The van der Waals surface area contributed by atoms with Crippen molar-refractivity contribution >= 4 is 5.91 Å². The van der Waals surface area contributed by atoms with Crippen LogP contribution < -0.4 is 18.9 Å². The van der Waals surface area contributed by atoms with Gasteiger partial charge in [-0.25, -0.2) is 0 Å². The van der Waals surface area contributed by atoms with Crippen molar-refractivity contribution in [2.75, 3.05) is 40.1 Å². The van der Waals surface area contributed by atoms with Crippen LogP contribution in [0, 0.1) is 20.8 Å². The second-order valence-electron chi connectivity index (χ2n) is 9.78. The zero-order valence-corrected chi connectivity index (χ0v) is 22.0. The smallest absolute Gasteiger partial charge is 0.253 e. The zero-order chi connectivity index (χ0) is 25.9. The van der Waals surface area contributed by atoms with Crippen molar-refractivity contribution in [1.82, 2.24) is 9.80 Å². The van der Waals surface area contributed by atoms with E-state index in [1.807, 2.05) is 41.3 Å². The summed E-state index contributed by atoms with van der Waals surface area (Å²) in [6.07, 6.45) is 0. The molecule has 0 aromatic heterocycles. The number of ether oxygens (including phenoxy) is 4. The molecule has 194 valence electrons. The molecule has 0 radical (unpaired) electrons. The van der Waals surface area contributed by atoms with E-state index in [1.165, 1.54) is 11.1 Å². The van der Waals surface area contributed by atoms with Crippen LogP contribution in [0.5, 0.6) is 23.0 Å². The molecule has 5 rings (SSSR count). The third-order valence-corrected chi connectivity index (χ3v) is 7.18. The van der Waals surface area contributed by atoms with E-state index in [9.17, 15) is 4.79 Å². The number of methoxy groups -OCH3 is 1. The maximum absolute atomic E-state index is 13.4. The quantitative estimate of drug-likeness (QED) is 0.459. The Balaban J connectivity index is 1.21. The van der Waals surface area contributed by atoms with Crippen LogP contribution in [-0.4, -0.2) is 55.8 Å². The van der Waals surface area contributed by atoms with Gasteiger partial charge in [0.05, 0.1) is 7.11 Å². The standard InChI is InChI=1S/C30H34N2O5/c1-20-13-21(2)22(3)28(14-20)35-18-25-16-24(6-8-26(25)34-4)30(33)32-11-9-31(10-12-32)17-23-5-7-27-29(15-23)37-19-36-27/h5-8,13-16H,9-12,17-19H2,1-4H3. The fraction of sp³-hybridized carbons (Fsp3) is 0.367. The Labute approximate surface area is 218 Å². The van der Waals surface area contributed by atoms with Crippen molar-refractivity contribution in [2.24, 2.45) is 0 Å². The first-order chi connectivity index (χ1) is 17.9. The number of aryl methyl sites for hydroxylation is 2. The molecule has 1 fully saturated rings.